The summed E-state index contributed by atoms with van der Waals surface area (Å²) in [6.07, 6.45) is 1.65. The van der Waals surface area contributed by atoms with E-state index in [2.05, 4.69) is 33.9 Å². The quantitative estimate of drug-likeness (QED) is 0.317. The van der Waals surface area contributed by atoms with Crippen LogP contribution in [0.15, 0.2) is 83.7 Å². The molecule has 6 nitrogen and oxygen atoms in total. The molecule has 3 aromatic carbocycles. The van der Waals surface area contributed by atoms with Gasteiger partial charge in [0.05, 0.1) is 23.2 Å². The molecule has 0 unspecified atom stereocenters. The molecule has 6 heteroatoms. The third-order valence-electron chi connectivity index (χ3n) is 5.25. The predicted molar refractivity (Wildman–Crippen MR) is 132 cm³/mol. The maximum Gasteiger partial charge on any atom is 0.340 e. The van der Waals surface area contributed by atoms with Gasteiger partial charge in [0.2, 0.25) is 0 Å². The van der Waals surface area contributed by atoms with Crippen molar-refractivity contribution in [1.82, 2.24) is 9.97 Å². The summed E-state index contributed by atoms with van der Waals surface area (Å²) in [4.78, 5) is 34.9. The zero-order valence-corrected chi connectivity index (χ0v) is 18.6. The molecule has 0 fully saturated rings. The lowest BCUT2D eigenvalue weighted by molar-refractivity contribution is -0.136. The lowest BCUT2D eigenvalue weighted by atomic mass is 10.1. The summed E-state index contributed by atoms with van der Waals surface area (Å²) in [5.41, 5.74) is 3.81. The van der Waals surface area contributed by atoms with E-state index in [1.807, 2.05) is 54.6 Å². The van der Waals surface area contributed by atoms with Crippen LogP contribution in [0.1, 0.15) is 25.1 Å². The first-order valence-corrected chi connectivity index (χ1v) is 10.9. The number of rotatable bonds is 7. The zero-order valence-electron chi connectivity index (χ0n) is 18.6. The predicted octanol–water partition coefficient (Wildman–Crippen LogP) is 5.18. The Labute approximate surface area is 192 Å². The van der Waals surface area contributed by atoms with E-state index in [9.17, 15) is 9.59 Å². The van der Waals surface area contributed by atoms with Crippen LogP contribution in [0.3, 0.4) is 0 Å². The lowest BCUT2D eigenvalue weighted by Gasteiger charge is -2.23. The molecule has 4 aromatic rings. The molecule has 0 amide bonds. The zero-order chi connectivity index (χ0) is 23.2. The van der Waals surface area contributed by atoms with Crippen LogP contribution in [0.25, 0.3) is 22.7 Å². The molecule has 1 N–H and O–H groups in total. The lowest BCUT2D eigenvalue weighted by Crippen LogP contribution is -2.19. The molecule has 0 bridgehead atoms. The van der Waals surface area contributed by atoms with Gasteiger partial charge in [-0.25, -0.2) is 9.78 Å². The highest BCUT2D eigenvalue weighted by molar-refractivity contribution is 6.21. The van der Waals surface area contributed by atoms with Crippen molar-refractivity contribution in [3.8, 4) is 0 Å². The van der Waals surface area contributed by atoms with E-state index in [1.54, 1.807) is 25.1 Å². The van der Waals surface area contributed by atoms with Crippen molar-refractivity contribution in [2.75, 3.05) is 18.1 Å². The third-order valence-corrected chi connectivity index (χ3v) is 5.25. The van der Waals surface area contributed by atoms with E-state index >= 15 is 0 Å². The second kappa shape index (κ2) is 9.96. The molecule has 0 saturated heterocycles. The van der Waals surface area contributed by atoms with Gasteiger partial charge in [0, 0.05) is 17.9 Å². The monoisotopic (exact) mass is 439 g/mol. The SMILES string of the molecule is CCOC(=O)/C(=C\c1ccc(N(CC)c2ccccc2)cc1)c1nc2ccccc2[nH]c1=O. The van der Waals surface area contributed by atoms with E-state index in [-0.39, 0.29) is 17.9 Å². The van der Waals surface area contributed by atoms with E-state index in [1.165, 1.54) is 0 Å². The average Bonchev–Trinajstić information content (AvgIpc) is 2.84. The van der Waals surface area contributed by atoms with Gasteiger partial charge in [-0.1, -0.05) is 42.5 Å². The fourth-order valence-electron chi connectivity index (χ4n) is 3.68. The number of nitrogens with one attached hydrogen (secondary N) is 1. The molecule has 4 rings (SSSR count). The smallest absolute Gasteiger partial charge is 0.340 e. The molecule has 0 spiro atoms. The Bertz CT molecular complexity index is 1340. The van der Waals surface area contributed by atoms with Gasteiger partial charge in [0.25, 0.3) is 5.56 Å². The number of carbonyl (C=O) groups excluding carboxylic acids is 1. The second-order valence-corrected chi connectivity index (χ2v) is 7.38. The number of carbonyl (C=O) groups is 1. The van der Waals surface area contributed by atoms with Crippen molar-refractivity contribution in [2.24, 2.45) is 0 Å². The number of para-hydroxylation sites is 3. The molecular formula is C27H25N3O3. The van der Waals surface area contributed by atoms with Crippen molar-refractivity contribution < 1.29 is 9.53 Å². The maximum atomic E-state index is 12.8. The minimum Gasteiger partial charge on any atom is -0.462 e. The number of benzene rings is 3. The molecule has 0 aliphatic carbocycles. The Morgan fingerprint density at radius 1 is 0.939 bits per heavy atom. The van der Waals surface area contributed by atoms with Gasteiger partial charge in [0.1, 0.15) is 5.69 Å². The van der Waals surface area contributed by atoms with Crippen molar-refractivity contribution in [1.29, 1.82) is 0 Å². The molecule has 166 valence electrons. The summed E-state index contributed by atoms with van der Waals surface area (Å²) in [6.45, 7) is 4.83. The number of hydrogen-bond donors (Lipinski definition) is 1. The topological polar surface area (TPSA) is 75.3 Å². The van der Waals surface area contributed by atoms with Crippen LogP contribution in [0, 0.1) is 0 Å². The number of aromatic amines is 1. The molecule has 1 heterocycles. The number of aromatic nitrogens is 2. The van der Waals surface area contributed by atoms with Crippen LogP contribution >= 0.6 is 0 Å². The summed E-state index contributed by atoms with van der Waals surface area (Å²) in [5, 5.41) is 0. The fraction of sp³-hybridized carbons (Fsp3) is 0.148. The molecule has 0 aliphatic rings. The average molecular weight is 440 g/mol. The highest BCUT2D eigenvalue weighted by Crippen LogP contribution is 2.26. The van der Waals surface area contributed by atoms with Gasteiger partial charge >= 0.3 is 5.97 Å². The van der Waals surface area contributed by atoms with Crippen molar-refractivity contribution in [3.05, 3.63) is 100 Å². The van der Waals surface area contributed by atoms with Crippen LogP contribution in [0.2, 0.25) is 0 Å². The van der Waals surface area contributed by atoms with Crippen LogP contribution in [-0.4, -0.2) is 29.1 Å². The van der Waals surface area contributed by atoms with Gasteiger partial charge in [-0.15, -0.1) is 0 Å². The van der Waals surface area contributed by atoms with Gasteiger partial charge in [0.15, 0.2) is 0 Å². The highest BCUT2D eigenvalue weighted by Gasteiger charge is 2.19. The summed E-state index contributed by atoms with van der Waals surface area (Å²) in [7, 11) is 0. The largest absolute Gasteiger partial charge is 0.462 e. The number of nitrogens with zero attached hydrogens (tertiary/aromatic N) is 2. The van der Waals surface area contributed by atoms with Crippen LogP contribution < -0.4 is 10.5 Å². The maximum absolute atomic E-state index is 12.8. The number of ether oxygens (including phenoxy) is 1. The van der Waals surface area contributed by atoms with Crippen molar-refractivity contribution in [3.63, 3.8) is 0 Å². The van der Waals surface area contributed by atoms with E-state index < -0.39 is 11.5 Å². The minimum absolute atomic E-state index is 0.0377. The molecule has 1 aromatic heterocycles. The van der Waals surface area contributed by atoms with Gasteiger partial charge < -0.3 is 14.6 Å². The summed E-state index contributed by atoms with van der Waals surface area (Å²) < 4.78 is 5.23. The first-order valence-electron chi connectivity index (χ1n) is 10.9. The molecular weight excluding hydrogens is 414 g/mol. The number of esters is 1. The number of anilines is 2. The summed E-state index contributed by atoms with van der Waals surface area (Å²) in [6, 6.07) is 25.1. The highest BCUT2D eigenvalue weighted by atomic mass is 16.5. The van der Waals surface area contributed by atoms with Gasteiger partial charge in [-0.2, -0.15) is 0 Å². The number of fused-ring (bicyclic) bond motifs is 1. The molecule has 0 aliphatic heterocycles. The van der Waals surface area contributed by atoms with E-state index in [0.29, 0.717) is 11.0 Å². The molecule has 0 atom stereocenters. The Hall–Kier alpha value is -4.19. The van der Waals surface area contributed by atoms with Crippen LogP contribution in [-0.2, 0) is 9.53 Å². The Kier molecular flexibility index (Phi) is 6.64. The normalized spacial score (nSPS) is 11.4. The Balaban J connectivity index is 1.74. The first kappa shape index (κ1) is 22.0. The van der Waals surface area contributed by atoms with E-state index in [4.69, 9.17) is 4.74 Å². The second-order valence-electron chi connectivity index (χ2n) is 7.38. The third kappa shape index (κ3) is 4.85. The minimum atomic E-state index is -0.589. The standard InChI is InChI=1S/C27H25N3O3/c1-3-30(20-10-6-5-7-11-20)21-16-14-19(15-17-21)18-22(27(32)33-4-2)25-26(31)29-24-13-9-8-12-23(24)28-25/h5-18H,3-4H2,1-2H3,(H,29,31)/b22-18-. The molecule has 0 radical (unpaired) electrons. The fourth-order valence-corrected chi connectivity index (χ4v) is 3.68. The van der Waals surface area contributed by atoms with Gasteiger partial charge in [-0.3, -0.25) is 4.79 Å². The van der Waals surface area contributed by atoms with Crippen LogP contribution in [0.5, 0.6) is 0 Å². The first-order chi connectivity index (χ1) is 16.1. The van der Waals surface area contributed by atoms with Crippen molar-refractivity contribution >= 4 is 40.0 Å². The Morgan fingerprint density at radius 3 is 2.30 bits per heavy atom. The number of H-pyrrole nitrogens is 1. The summed E-state index contributed by atoms with van der Waals surface area (Å²) >= 11 is 0. The Morgan fingerprint density at radius 2 is 1.61 bits per heavy atom. The number of hydrogen-bond acceptors (Lipinski definition) is 5. The van der Waals surface area contributed by atoms with Gasteiger partial charge in [-0.05, 0) is 61.9 Å². The molecule has 0 saturated carbocycles. The van der Waals surface area contributed by atoms with Crippen LogP contribution in [0.4, 0.5) is 11.4 Å². The van der Waals surface area contributed by atoms with E-state index in [0.717, 1.165) is 23.5 Å². The molecule has 33 heavy (non-hydrogen) atoms. The van der Waals surface area contributed by atoms with Crippen molar-refractivity contribution in [2.45, 2.75) is 13.8 Å². The summed E-state index contributed by atoms with van der Waals surface area (Å²) in [5.74, 6) is -0.589.